The monoisotopic (exact) mass is 449 g/mol. The number of benzene rings is 1. The van der Waals surface area contributed by atoms with Gasteiger partial charge in [-0.15, -0.1) is 0 Å². The molecule has 0 saturated carbocycles. The van der Waals surface area contributed by atoms with E-state index in [0.717, 1.165) is 6.33 Å². The topological polar surface area (TPSA) is 54.9 Å². The molecule has 134 valence electrons. The number of halogens is 5. The van der Waals surface area contributed by atoms with Crippen molar-refractivity contribution in [1.82, 2.24) is 9.97 Å². The maximum atomic E-state index is 13.4. The molecule has 0 atom stereocenters. The lowest BCUT2D eigenvalue weighted by molar-refractivity contribution is 0.102. The predicted molar refractivity (Wildman–Crippen MR) is 91.3 cm³/mol. The molecule has 0 aliphatic heterocycles. The van der Waals surface area contributed by atoms with E-state index in [9.17, 15) is 24.2 Å². The second-order valence-corrected chi connectivity index (χ2v) is 6.77. The fourth-order valence-electron chi connectivity index (χ4n) is 1.71. The third-order valence-electron chi connectivity index (χ3n) is 2.72. The first-order chi connectivity index (χ1) is 12.1. The van der Waals surface area contributed by atoms with Crippen LogP contribution in [0.3, 0.4) is 0 Å². The van der Waals surface area contributed by atoms with Crippen molar-refractivity contribution >= 4 is 72.3 Å². The third-order valence-corrected chi connectivity index (χ3v) is 6.05. The van der Waals surface area contributed by atoms with Crippen molar-refractivity contribution in [2.45, 2.75) is 24.5 Å². The van der Waals surface area contributed by atoms with Gasteiger partial charge in [0.25, 0.3) is 5.91 Å². The molecular formula is C11H4F5N3OS5. The van der Waals surface area contributed by atoms with Crippen molar-refractivity contribution in [3.63, 3.8) is 0 Å². The molecule has 0 fully saturated rings. The average Bonchev–Trinajstić information content (AvgIpc) is 2.66. The Balaban J connectivity index is 2.64. The molecule has 1 aromatic carbocycles. The summed E-state index contributed by atoms with van der Waals surface area (Å²) in [5.74, 6) is -0.890. The van der Waals surface area contributed by atoms with Crippen LogP contribution in [0.5, 0.6) is 0 Å². The van der Waals surface area contributed by atoms with Crippen LogP contribution in [0, 0.1) is 0 Å². The number of hydrogen-bond acceptors (Lipinski definition) is 8. The molecule has 0 bridgehead atoms. The number of carbonyl (C=O) groups is 1. The number of aromatic nitrogens is 2. The molecule has 4 nitrogen and oxygen atoms in total. The van der Waals surface area contributed by atoms with E-state index in [2.05, 4.69) is 15.3 Å². The lowest BCUT2D eigenvalue weighted by Crippen LogP contribution is -2.15. The summed E-state index contributed by atoms with van der Waals surface area (Å²) in [7, 11) is 0. The Kier molecular flexibility index (Phi) is 7.99. The summed E-state index contributed by atoms with van der Waals surface area (Å²) >= 11 is -2.74. The molecule has 1 heterocycles. The largest absolute Gasteiger partial charge is 0.318 e. The number of nitrogens with one attached hydrogen (secondary N) is 1. The smallest absolute Gasteiger partial charge is 0.274 e. The number of anilines is 1. The quantitative estimate of drug-likeness (QED) is 0.474. The Morgan fingerprint density at radius 2 is 1.32 bits per heavy atom. The van der Waals surface area contributed by atoms with Gasteiger partial charge in [0.05, 0.1) is 90.9 Å². The van der Waals surface area contributed by atoms with E-state index in [1.54, 1.807) is 0 Å². The summed E-state index contributed by atoms with van der Waals surface area (Å²) in [6.45, 7) is 0. The van der Waals surface area contributed by atoms with E-state index in [1.807, 2.05) is 0 Å². The lowest BCUT2D eigenvalue weighted by atomic mass is 10.3. The molecule has 1 aromatic heterocycles. The van der Waals surface area contributed by atoms with Crippen LogP contribution < -0.4 is 5.32 Å². The first-order valence-corrected chi connectivity index (χ1v) is 9.45. The highest BCUT2D eigenvalue weighted by Gasteiger charge is 2.29. The minimum Gasteiger partial charge on any atom is -0.318 e. The van der Waals surface area contributed by atoms with Crippen molar-refractivity contribution < 1.29 is 24.2 Å². The van der Waals surface area contributed by atoms with Gasteiger partial charge in [-0.1, -0.05) is 0 Å². The normalized spacial score (nSPS) is 10.8. The van der Waals surface area contributed by atoms with Crippen LogP contribution in [0.4, 0.5) is 25.1 Å². The molecule has 2 aromatic rings. The van der Waals surface area contributed by atoms with Crippen LogP contribution in [-0.4, -0.2) is 15.9 Å². The Bertz CT molecular complexity index is 737. The van der Waals surface area contributed by atoms with Crippen LogP contribution in [0.2, 0.25) is 0 Å². The van der Waals surface area contributed by atoms with E-state index >= 15 is 0 Å². The zero-order valence-electron chi connectivity index (χ0n) is 11.5. The maximum Gasteiger partial charge on any atom is 0.274 e. The average molecular weight is 449 g/mol. The molecule has 0 spiro atoms. The van der Waals surface area contributed by atoms with Gasteiger partial charge in [-0.05, 0) is 6.07 Å². The molecular weight excluding hydrogens is 445 g/mol. The van der Waals surface area contributed by atoms with Crippen molar-refractivity contribution in [2.75, 3.05) is 5.32 Å². The Hall–Kier alpha value is -0.830. The van der Waals surface area contributed by atoms with Gasteiger partial charge in [0.15, 0.2) is 0 Å². The summed E-state index contributed by atoms with van der Waals surface area (Å²) in [5, 5.41) is 2.16. The highest BCUT2D eigenvalue weighted by molar-refractivity contribution is 8.00. The SMILES string of the molecule is O=C(Nc1c(SF)c(SF)c(SF)c(SF)c1SF)c1ccncn1. The Morgan fingerprint density at radius 1 is 0.840 bits per heavy atom. The van der Waals surface area contributed by atoms with Gasteiger partial charge in [0, 0.05) is 6.20 Å². The van der Waals surface area contributed by atoms with Crippen LogP contribution in [0.1, 0.15) is 10.5 Å². The van der Waals surface area contributed by atoms with E-state index in [4.69, 9.17) is 0 Å². The van der Waals surface area contributed by atoms with E-state index < -0.39 is 96.8 Å². The number of nitrogens with zero attached hydrogens (tertiary/aromatic N) is 2. The van der Waals surface area contributed by atoms with Gasteiger partial charge in [0.2, 0.25) is 0 Å². The Labute approximate surface area is 160 Å². The number of amides is 1. The van der Waals surface area contributed by atoms with Gasteiger partial charge in [0.1, 0.15) is 12.0 Å². The minimum absolute atomic E-state index is 0.146. The molecule has 1 amide bonds. The highest BCUT2D eigenvalue weighted by atomic mass is 32.2. The molecule has 25 heavy (non-hydrogen) atoms. The predicted octanol–water partition coefficient (Wildman–Crippen LogP) is 6.61. The van der Waals surface area contributed by atoms with E-state index in [0.29, 0.717) is 0 Å². The van der Waals surface area contributed by atoms with Crippen LogP contribution >= 0.6 is 60.7 Å². The summed E-state index contributed by atoms with van der Waals surface area (Å²) in [5.41, 5.74) is -0.672. The maximum absolute atomic E-state index is 13.4. The molecule has 0 unspecified atom stereocenters. The minimum atomic E-state index is -0.890. The molecule has 0 saturated heterocycles. The second kappa shape index (κ2) is 9.75. The lowest BCUT2D eigenvalue weighted by Gasteiger charge is -2.17. The third kappa shape index (κ3) is 4.30. The second-order valence-electron chi connectivity index (χ2n) is 3.96. The van der Waals surface area contributed by atoms with E-state index in [-0.39, 0.29) is 5.69 Å². The van der Waals surface area contributed by atoms with Crippen molar-refractivity contribution in [3.8, 4) is 0 Å². The molecule has 0 aliphatic rings. The van der Waals surface area contributed by atoms with Gasteiger partial charge in [-0.3, -0.25) is 4.79 Å². The molecule has 14 heteroatoms. The highest BCUT2D eigenvalue weighted by Crippen LogP contribution is 2.54. The van der Waals surface area contributed by atoms with Crippen molar-refractivity contribution in [1.29, 1.82) is 0 Å². The number of hydrogen-bond donors (Lipinski definition) is 1. The van der Waals surface area contributed by atoms with Crippen LogP contribution in [0.25, 0.3) is 0 Å². The van der Waals surface area contributed by atoms with Gasteiger partial charge >= 0.3 is 0 Å². The Morgan fingerprint density at radius 3 is 1.72 bits per heavy atom. The summed E-state index contributed by atoms with van der Waals surface area (Å²) in [4.78, 5) is 16.4. The fraction of sp³-hybridized carbons (Fsp3) is 0. The molecule has 0 radical (unpaired) electrons. The van der Waals surface area contributed by atoms with Gasteiger partial charge in [-0.25, -0.2) is 9.97 Å². The first-order valence-electron chi connectivity index (χ1n) is 5.87. The standard InChI is InChI=1S/C11H4F5N3OS5/c12-21-6-5(19-11(20)4-1-2-17-3-18-4)7(22-13)9(24-15)10(25-16)8(6)23-14/h1-3H,(H,19,20). The van der Waals surface area contributed by atoms with Crippen LogP contribution in [0.15, 0.2) is 43.1 Å². The molecule has 1 N–H and O–H groups in total. The molecule has 2 rings (SSSR count). The summed E-state index contributed by atoms with van der Waals surface area (Å²) in [6, 6.07) is 1.22. The first kappa shape index (κ1) is 20.5. The van der Waals surface area contributed by atoms with Gasteiger partial charge < -0.3 is 5.32 Å². The molecule has 0 aliphatic carbocycles. The van der Waals surface area contributed by atoms with E-state index in [1.165, 1.54) is 12.3 Å². The van der Waals surface area contributed by atoms with Crippen molar-refractivity contribution in [2.24, 2.45) is 0 Å². The zero-order valence-corrected chi connectivity index (χ0v) is 15.5. The zero-order chi connectivity index (χ0) is 18.4. The fourth-order valence-corrected chi connectivity index (χ4v) is 4.56. The number of carbonyl (C=O) groups excluding carboxylic acids is 1. The number of rotatable bonds is 7. The van der Waals surface area contributed by atoms with Gasteiger partial charge in [-0.2, -0.15) is 19.4 Å². The summed E-state index contributed by atoms with van der Waals surface area (Å²) < 4.78 is 66.2. The van der Waals surface area contributed by atoms with Crippen molar-refractivity contribution in [3.05, 3.63) is 24.3 Å². The van der Waals surface area contributed by atoms with Crippen LogP contribution in [-0.2, 0) is 0 Å². The summed E-state index contributed by atoms with van der Waals surface area (Å²) in [6.07, 6.45) is 2.32.